The van der Waals surface area contributed by atoms with Crippen molar-refractivity contribution in [1.29, 1.82) is 0 Å². The summed E-state index contributed by atoms with van der Waals surface area (Å²) in [5, 5.41) is 5.09. The lowest BCUT2D eigenvalue weighted by atomic mass is 10.0. The van der Waals surface area contributed by atoms with Gasteiger partial charge in [-0.15, -0.1) is 11.3 Å². The Labute approximate surface area is 172 Å². The van der Waals surface area contributed by atoms with Crippen LogP contribution in [0.5, 0.6) is 11.5 Å². The van der Waals surface area contributed by atoms with Crippen LogP contribution in [-0.2, 0) is 9.53 Å². The summed E-state index contributed by atoms with van der Waals surface area (Å²) in [6.45, 7) is 2.48. The molecule has 28 heavy (non-hydrogen) atoms. The van der Waals surface area contributed by atoms with E-state index in [4.69, 9.17) is 19.9 Å². The zero-order valence-electron chi connectivity index (χ0n) is 16.1. The fourth-order valence-corrected chi connectivity index (χ4v) is 4.03. The van der Waals surface area contributed by atoms with E-state index in [2.05, 4.69) is 5.32 Å². The van der Waals surface area contributed by atoms with Gasteiger partial charge in [-0.3, -0.25) is 4.79 Å². The summed E-state index contributed by atoms with van der Waals surface area (Å²) >= 11 is 2.72. The van der Waals surface area contributed by atoms with Crippen molar-refractivity contribution in [2.24, 2.45) is 5.73 Å². The molecule has 152 valence electrons. The van der Waals surface area contributed by atoms with Crippen molar-refractivity contribution in [3.05, 3.63) is 29.1 Å². The quantitative estimate of drug-likeness (QED) is 0.446. The normalized spacial score (nSPS) is 10.4. The van der Waals surface area contributed by atoms with Crippen molar-refractivity contribution >= 4 is 40.0 Å². The van der Waals surface area contributed by atoms with Crippen LogP contribution in [0.3, 0.4) is 0 Å². The molecule has 9 heteroatoms. The van der Waals surface area contributed by atoms with Gasteiger partial charge < -0.3 is 25.3 Å². The molecule has 0 saturated heterocycles. The van der Waals surface area contributed by atoms with E-state index in [9.17, 15) is 9.59 Å². The Kier molecular flexibility index (Phi) is 8.62. The maximum atomic E-state index is 12.6. The number of anilines is 1. The molecule has 1 heterocycles. The first-order valence-electron chi connectivity index (χ1n) is 8.64. The second-order valence-corrected chi connectivity index (χ2v) is 7.52. The van der Waals surface area contributed by atoms with Gasteiger partial charge in [-0.25, -0.2) is 4.79 Å². The summed E-state index contributed by atoms with van der Waals surface area (Å²) in [5.41, 5.74) is 7.20. The number of benzene rings is 1. The predicted molar refractivity (Wildman–Crippen MR) is 114 cm³/mol. The van der Waals surface area contributed by atoms with Gasteiger partial charge in [0.05, 0.1) is 26.6 Å². The van der Waals surface area contributed by atoms with E-state index in [1.54, 1.807) is 33.3 Å². The number of thioether (sulfide) groups is 1. The lowest BCUT2D eigenvalue weighted by molar-refractivity contribution is -0.113. The largest absolute Gasteiger partial charge is 0.493 e. The Morgan fingerprint density at radius 2 is 1.96 bits per heavy atom. The van der Waals surface area contributed by atoms with Crippen molar-refractivity contribution in [2.75, 3.05) is 44.2 Å². The monoisotopic (exact) mass is 424 g/mol. The minimum absolute atomic E-state index is 0.190. The van der Waals surface area contributed by atoms with Crippen LogP contribution in [0.25, 0.3) is 11.1 Å². The van der Waals surface area contributed by atoms with Gasteiger partial charge in [-0.1, -0.05) is 6.07 Å². The molecule has 0 bridgehead atoms. The van der Waals surface area contributed by atoms with Crippen LogP contribution >= 0.6 is 23.1 Å². The molecular formula is C19H24N2O5S2. The van der Waals surface area contributed by atoms with Gasteiger partial charge in [0.15, 0.2) is 11.5 Å². The molecule has 0 unspecified atom stereocenters. The van der Waals surface area contributed by atoms with Crippen LogP contribution in [0, 0.1) is 0 Å². The predicted octanol–water partition coefficient (Wildman–Crippen LogP) is 3.24. The SMILES string of the molecule is CCOC(=O)c1c(-c2ccc(OC)c(OC)c2)csc1NC(=O)CSCCN. The standard InChI is InChI=1S/C19H24N2O5S2/c1-4-26-19(23)17-13(12-5-6-14(24-2)15(9-12)25-3)10-28-18(17)21-16(22)11-27-8-7-20/h5-6,9-10H,4,7-8,11,20H2,1-3H3,(H,21,22). The molecule has 2 rings (SSSR count). The molecule has 0 aliphatic heterocycles. The van der Waals surface area contributed by atoms with E-state index in [0.29, 0.717) is 39.9 Å². The van der Waals surface area contributed by atoms with Crippen molar-refractivity contribution in [3.8, 4) is 22.6 Å². The van der Waals surface area contributed by atoms with Crippen LogP contribution in [0.15, 0.2) is 23.6 Å². The lowest BCUT2D eigenvalue weighted by Gasteiger charge is -2.11. The number of esters is 1. The van der Waals surface area contributed by atoms with Gasteiger partial charge in [-0.05, 0) is 24.6 Å². The number of carbonyl (C=O) groups is 2. The molecule has 2 aromatic rings. The average Bonchev–Trinajstić information content (AvgIpc) is 3.11. The van der Waals surface area contributed by atoms with E-state index in [0.717, 1.165) is 5.56 Å². The molecule has 3 N–H and O–H groups in total. The topological polar surface area (TPSA) is 99.9 Å². The maximum Gasteiger partial charge on any atom is 0.341 e. The van der Waals surface area contributed by atoms with Gasteiger partial charge in [0.2, 0.25) is 5.91 Å². The highest BCUT2D eigenvalue weighted by atomic mass is 32.2. The lowest BCUT2D eigenvalue weighted by Crippen LogP contribution is -2.17. The third-order valence-corrected chi connectivity index (χ3v) is 5.60. The van der Waals surface area contributed by atoms with E-state index in [1.807, 2.05) is 11.4 Å². The minimum Gasteiger partial charge on any atom is -0.493 e. The Balaban J connectivity index is 2.38. The minimum atomic E-state index is -0.488. The first-order valence-corrected chi connectivity index (χ1v) is 10.7. The Bertz CT molecular complexity index is 823. The Hall–Kier alpha value is -2.23. The molecule has 0 spiro atoms. The first kappa shape index (κ1) is 22.1. The van der Waals surface area contributed by atoms with Crippen LogP contribution in [-0.4, -0.2) is 50.8 Å². The Morgan fingerprint density at radius 1 is 1.21 bits per heavy atom. The van der Waals surface area contributed by atoms with E-state index >= 15 is 0 Å². The summed E-state index contributed by atoms with van der Waals surface area (Å²) in [6, 6.07) is 5.38. The van der Waals surface area contributed by atoms with Crippen molar-refractivity contribution in [2.45, 2.75) is 6.92 Å². The summed E-state index contributed by atoms with van der Waals surface area (Å²) in [7, 11) is 3.11. The maximum absolute atomic E-state index is 12.6. The van der Waals surface area contributed by atoms with E-state index in [1.165, 1.54) is 23.1 Å². The molecule has 0 radical (unpaired) electrons. The highest BCUT2D eigenvalue weighted by Gasteiger charge is 2.23. The number of nitrogens with two attached hydrogens (primary N) is 1. The summed E-state index contributed by atoms with van der Waals surface area (Å²) in [6.07, 6.45) is 0. The molecule has 0 saturated carbocycles. The second-order valence-electron chi connectivity index (χ2n) is 5.53. The van der Waals surface area contributed by atoms with Crippen LogP contribution in [0.1, 0.15) is 17.3 Å². The van der Waals surface area contributed by atoms with Gasteiger partial charge >= 0.3 is 5.97 Å². The van der Waals surface area contributed by atoms with Gasteiger partial charge in [0.1, 0.15) is 10.6 Å². The van der Waals surface area contributed by atoms with Crippen LogP contribution in [0.4, 0.5) is 5.00 Å². The molecule has 0 fully saturated rings. The number of rotatable bonds is 10. The van der Waals surface area contributed by atoms with E-state index in [-0.39, 0.29) is 18.3 Å². The van der Waals surface area contributed by atoms with Crippen molar-refractivity contribution in [1.82, 2.24) is 0 Å². The molecule has 0 atom stereocenters. The number of nitrogens with one attached hydrogen (secondary N) is 1. The third kappa shape index (κ3) is 5.40. The van der Waals surface area contributed by atoms with Crippen molar-refractivity contribution < 1.29 is 23.8 Å². The second kappa shape index (κ2) is 10.9. The first-order chi connectivity index (χ1) is 13.5. The van der Waals surface area contributed by atoms with Crippen LogP contribution < -0.4 is 20.5 Å². The molecule has 1 amide bonds. The molecule has 0 aliphatic carbocycles. The van der Waals surface area contributed by atoms with Gasteiger partial charge in [0.25, 0.3) is 0 Å². The highest BCUT2D eigenvalue weighted by Crippen LogP contribution is 2.39. The molecule has 7 nitrogen and oxygen atoms in total. The van der Waals surface area contributed by atoms with Crippen molar-refractivity contribution in [3.63, 3.8) is 0 Å². The van der Waals surface area contributed by atoms with E-state index < -0.39 is 5.97 Å². The molecule has 1 aromatic carbocycles. The third-order valence-electron chi connectivity index (χ3n) is 3.71. The average molecular weight is 425 g/mol. The number of hydrogen-bond acceptors (Lipinski definition) is 8. The number of thiophene rings is 1. The zero-order chi connectivity index (χ0) is 20.5. The number of amides is 1. The summed E-state index contributed by atoms with van der Waals surface area (Å²) < 4.78 is 15.8. The summed E-state index contributed by atoms with van der Waals surface area (Å²) in [4.78, 5) is 24.8. The number of methoxy groups -OCH3 is 2. The van der Waals surface area contributed by atoms with Gasteiger partial charge in [0, 0.05) is 23.2 Å². The molecule has 0 aliphatic rings. The van der Waals surface area contributed by atoms with Gasteiger partial charge in [-0.2, -0.15) is 11.8 Å². The number of carbonyl (C=O) groups excluding carboxylic acids is 2. The molecule has 1 aromatic heterocycles. The zero-order valence-corrected chi connectivity index (χ0v) is 17.7. The smallest absolute Gasteiger partial charge is 0.341 e. The summed E-state index contributed by atoms with van der Waals surface area (Å²) in [5.74, 6) is 1.42. The fourth-order valence-electron chi connectivity index (χ4n) is 2.48. The molecular weight excluding hydrogens is 400 g/mol. The number of hydrogen-bond donors (Lipinski definition) is 2. The van der Waals surface area contributed by atoms with Crippen LogP contribution in [0.2, 0.25) is 0 Å². The fraction of sp³-hybridized carbons (Fsp3) is 0.368. The Morgan fingerprint density at radius 3 is 2.61 bits per heavy atom. The number of ether oxygens (including phenoxy) is 3. The highest BCUT2D eigenvalue weighted by molar-refractivity contribution is 7.99.